The zero-order valence-electron chi connectivity index (χ0n) is 12.8. The second kappa shape index (κ2) is 5.51. The molecule has 2 heterocycles. The number of ether oxygens (including phenoxy) is 1. The van der Waals surface area contributed by atoms with Crippen molar-refractivity contribution in [1.82, 2.24) is 9.97 Å². The minimum Gasteiger partial charge on any atom is -0.370 e. The number of aryl methyl sites for hydroxylation is 2. The molecule has 1 saturated carbocycles. The van der Waals surface area contributed by atoms with Gasteiger partial charge in [-0.2, -0.15) is 0 Å². The lowest BCUT2D eigenvalue weighted by molar-refractivity contribution is -0.0511. The van der Waals surface area contributed by atoms with Gasteiger partial charge in [0.15, 0.2) is 11.6 Å². The lowest BCUT2D eigenvalue weighted by atomic mass is 9.84. The van der Waals surface area contributed by atoms with Crippen LogP contribution in [0.1, 0.15) is 48.4 Å². The van der Waals surface area contributed by atoms with E-state index in [0.717, 1.165) is 41.7 Å². The van der Waals surface area contributed by atoms with E-state index in [4.69, 9.17) is 20.5 Å². The van der Waals surface area contributed by atoms with Crippen molar-refractivity contribution in [3.8, 4) is 0 Å². The van der Waals surface area contributed by atoms with E-state index in [1.54, 1.807) is 18.4 Å². The van der Waals surface area contributed by atoms with Crippen molar-refractivity contribution >= 4 is 27.4 Å². The Kier molecular flexibility index (Phi) is 3.86. The van der Waals surface area contributed by atoms with E-state index in [1.807, 2.05) is 0 Å². The number of aromatic nitrogens is 2. The molecule has 0 aromatic carbocycles. The number of fused-ring (bicyclic) bond motifs is 1. The molecular formula is C15H22N4OS. The maximum absolute atomic E-state index is 5.86. The van der Waals surface area contributed by atoms with Crippen molar-refractivity contribution in [3.63, 3.8) is 0 Å². The number of hydrogen-bond donors (Lipinski definition) is 2. The Hall–Kier alpha value is -1.24. The monoisotopic (exact) mass is 306 g/mol. The summed E-state index contributed by atoms with van der Waals surface area (Å²) < 4.78 is 5.86. The molecule has 0 atom stereocenters. The van der Waals surface area contributed by atoms with Gasteiger partial charge in [0, 0.05) is 12.0 Å². The van der Waals surface area contributed by atoms with Crippen molar-refractivity contribution < 1.29 is 4.74 Å². The molecule has 0 bridgehead atoms. The molecule has 1 aliphatic rings. The molecule has 21 heavy (non-hydrogen) atoms. The fourth-order valence-corrected chi connectivity index (χ4v) is 4.23. The molecule has 2 aromatic heterocycles. The van der Waals surface area contributed by atoms with Gasteiger partial charge in [-0.3, -0.25) is 0 Å². The van der Waals surface area contributed by atoms with Crippen LogP contribution in [0.2, 0.25) is 0 Å². The molecule has 0 amide bonds. The Bertz CT molecular complexity index is 661. The summed E-state index contributed by atoms with van der Waals surface area (Å²) in [5.74, 6) is 7.18. The van der Waals surface area contributed by atoms with E-state index < -0.39 is 0 Å². The highest BCUT2D eigenvalue weighted by atomic mass is 32.1. The van der Waals surface area contributed by atoms with Crippen LogP contribution in [0.25, 0.3) is 10.2 Å². The van der Waals surface area contributed by atoms with Crippen molar-refractivity contribution in [2.45, 2.75) is 51.6 Å². The van der Waals surface area contributed by atoms with Crippen LogP contribution >= 0.6 is 11.3 Å². The van der Waals surface area contributed by atoms with Crippen molar-refractivity contribution in [3.05, 3.63) is 16.3 Å². The van der Waals surface area contributed by atoms with Gasteiger partial charge in [0.25, 0.3) is 0 Å². The highest BCUT2D eigenvalue weighted by Crippen LogP contribution is 2.41. The smallest absolute Gasteiger partial charge is 0.164 e. The minimum absolute atomic E-state index is 0.357. The summed E-state index contributed by atoms with van der Waals surface area (Å²) >= 11 is 1.69. The molecule has 3 rings (SSSR count). The van der Waals surface area contributed by atoms with Gasteiger partial charge in [0.2, 0.25) is 0 Å². The highest BCUT2D eigenvalue weighted by molar-refractivity contribution is 7.18. The van der Waals surface area contributed by atoms with Gasteiger partial charge in [-0.15, -0.1) is 11.3 Å². The molecular weight excluding hydrogens is 284 g/mol. The first-order valence-electron chi connectivity index (χ1n) is 7.41. The summed E-state index contributed by atoms with van der Waals surface area (Å²) in [6.07, 6.45) is 5.52. The van der Waals surface area contributed by atoms with E-state index in [9.17, 15) is 0 Å². The number of hydrazine groups is 1. The van der Waals surface area contributed by atoms with Crippen molar-refractivity contribution in [2.75, 3.05) is 12.5 Å². The summed E-state index contributed by atoms with van der Waals surface area (Å²) in [6, 6.07) is 0. The Morgan fingerprint density at radius 2 is 1.90 bits per heavy atom. The molecule has 5 nitrogen and oxygen atoms in total. The lowest BCUT2D eigenvalue weighted by Gasteiger charge is -2.34. The first-order valence-corrected chi connectivity index (χ1v) is 8.23. The SMILES string of the molecule is COC1(c2nc(NN)c3c(C)c(C)sc3n2)CCCCC1. The summed E-state index contributed by atoms with van der Waals surface area (Å²) in [6.45, 7) is 4.19. The number of hydrogen-bond acceptors (Lipinski definition) is 6. The van der Waals surface area contributed by atoms with Crippen LogP contribution in [0.15, 0.2) is 0 Å². The van der Waals surface area contributed by atoms with Gasteiger partial charge in [0.1, 0.15) is 10.4 Å². The summed E-state index contributed by atoms with van der Waals surface area (Å²) in [5.41, 5.74) is 3.59. The predicted octanol–water partition coefficient (Wildman–Crippen LogP) is 3.40. The quantitative estimate of drug-likeness (QED) is 0.671. The standard InChI is InChI=1S/C15H22N4OS/c1-9-10(2)21-13-11(9)12(19-16)17-14(18-13)15(20-3)7-5-4-6-8-15/h4-8,16H2,1-3H3,(H,17,18,19). The second-order valence-corrected chi connectivity index (χ2v) is 6.97. The summed E-state index contributed by atoms with van der Waals surface area (Å²) in [4.78, 5) is 11.8. The van der Waals surface area contributed by atoms with Crippen LogP contribution < -0.4 is 11.3 Å². The van der Waals surface area contributed by atoms with Crippen LogP contribution in [0, 0.1) is 13.8 Å². The summed E-state index contributed by atoms with van der Waals surface area (Å²) in [7, 11) is 1.76. The fourth-order valence-electron chi connectivity index (χ4n) is 3.20. The molecule has 0 unspecified atom stereocenters. The largest absolute Gasteiger partial charge is 0.370 e. The third kappa shape index (κ3) is 2.31. The van der Waals surface area contributed by atoms with E-state index >= 15 is 0 Å². The number of methoxy groups -OCH3 is 1. The maximum Gasteiger partial charge on any atom is 0.164 e. The predicted molar refractivity (Wildman–Crippen MR) is 86.5 cm³/mol. The van der Waals surface area contributed by atoms with E-state index in [2.05, 4.69) is 19.3 Å². The lowest BCUT2D eigenvalue weighted by Crippen LogP contribution is -2.33. The van der Waals surface area contributed by atoms with Gasteiger partial charge in [-0.25, -0.2) is 15.8 Å². The maximum atomic E-state index is 5.86. The average molecular weight is 306 g/mol. The molecule has 6 heteroatoms. The van der Waals surface area contributed by atoms with Gasteiger partial charge in [0.05, 0.1) is 5.39 Å². The molecule has 2 aromatic rings. The number of nitrogen functional groups attached to an aromatic ring is 1. The Morgan fingerprint density at radius 1 is 1.19 bits per heavy atom. The number of nitrogens with two attached hydrogens (primary N) is 1. The molecule has 0 spiro atoms. The molecule has 0 saturated heterocycles. The number of nitrogens with one attached hydrogen (secondary N) is 1. The molecule has 3 N–H and O–H groups in total. The van der Waals surface area contributed by atoms with Crippen molar-refractivity contribution in [2.24, 2.45) is 5.84 Å². The number of thiophene rings is 1. The normalized spacial score (nSPS) is 18.1. The molecule has 0 aliphatic heterocycles. The van der Waals surface area contributed by atoms with Gasteiger partial charge in [-0.05, 0) is 32.3 Å². The van der Waals surface area contributed by atoms with E-state index in [-0.39, 0.29) is 5.60 Å². The van der Waals surface area contributed by atoms with Crippen LogP contribution in [0.4, 0.5) is 5.82 Å². The van der Waals surface area contributed by atoms with Crippen LogP contribution in [0.3, 0.4) is 0 Å². The zero-order chi connectivity index (χ0) is 15.0. The van der Waals surface area contributed by atoms with E-state index in [0.29, 0.717) is 5.82 Å². The Morgan fingerprint density at radius 3 is 2.52 bits per heavy atom. The zero-order valence-corrected chi connectivity index (χ0v) is 13.6. The topological polar surface area (TPSA) is 73.1 Å². The number of nitrogens with zero attached hydrogens (tertiary/aromatic N) is 2. The van der Waals surface area contributed by atoms with Crippen LogP contribution in [0.5, 0.6) is 0 Å². The molecule has 1 aliphatic carbocycles. The number of anilines is 1. The van der Waals surface area contributed by atoms with Crippen molar-refractivity contribution in [1.29, 1.82) is 0 Å². The van der Waals surface area contributed by atoms with Crippen LogP contribution in [-0.4, -0.2) is 17.1 Å². The summed E-state index contributed by atoms with van der Waals surface area (Å²) in [5, 5.41) is 1.03. The molecule has 1 fully saturated rings. The third-order valence-corrected chi connectivity index (χ3v) is 5.73. The van der Waals surface area contributed by atoms with Gasteiger partial charge < -0.3 is 10.2 Å². The average Bonchev–Trinajstić information content (AvgIpc) is 2.82. The third-order valence-electron chi connectivity index (χ3n) is 4.62. The molecule has 0 radical (unpaired) electrons. The highest BCUT2D eigenvalue weighted by Gasteiger charge is 2.37. The first kappa shape index (κ1) is 14.7. The molecule has 114 valence electrons. The fraction of sp³-hybridized carbons (Fsp3) is 0.600. The van der Waals surface area contributed by atoms with Gasteiger partial charge >= 0.3 is 0 Å². The van der Waals surface area contributed by atoms with Gasteiger partial charge in [-0.1, -0.05) is 19.3 Å². The Labute approximate surface area is 128 Å². The first-order chi connectivity index (χ1) is 10.1. The number of rotatable bonds is 3. The van der Waals surface area contributed by atoms with Crippen LogP contribution in [-0.2, 0) is 10.3 Å². The second-order valence-electron chi connectivity index (χ2n) is 5.76. The van der Waals surface area contributed by atoms with E-state index in [1.165, 1.54) is 16.9 Å². The Balaban J connectivity index is 2.19. The minimum atomic E-state index is -0.357.